The number of rotatable bonds is 5. The summed E-state index contributed by atoms with van der Waals surface area (Å²) in [5.74, 6) is -0.643. The van der Waals surface area contributed by atoms with Gasteiger partial charge in [0.2, 0.25) is 0 Å². The SMILES string of the molecule is CN(Cc1ccc2nc(NC(=O)c3cn(C)c4ccc(F)cc34)sc2c1)C1CC1. The van der Waals surface area contributed by atoms with Gasteiger partial charge in [0.1, 0.15) is 5.82 Å². The Hall–Kier alpha value is -2.77. The number of fused-ring (bicyclic) bond motifs is 2. The topological polar surface area (TPSA) is 50.2 Å². The highest BCUT2D eigenvalue weighted by Gasteiger charge is 2.26. The lowest BCUT2D eigenvalue weighted by Gasteiger charge is -2.15. The number of hydrogen-bond acceptors (Lipinski definition) is 4. The molecule has 1 aliphatic carbocycles. The molecule has 1 fully saturated rings. The number of thiazole rings is 1. The molecule has 0 unspecified atom stereocenters. The number of hydrogen-bond donors (Lipinski definition) is 1. The summed E-state index contributed by atoms with van der Waals surface area (Å²) >= 11 is 1.46. The summed E-state index contributed by atoms with van der Waals surface area (Å²) in [5, 5.41) is 4.02. The Bertz CT molecular complexity index is 1240. The van der Waals surface area contributed by atoms with Crippen LogP contribution in [0.5, 0.6) is 0 Å². The number of benzene rings is 2. The number of aryl methyl sites for hydroxylation is 1. The van der Waals surface area contributed by atoms with Crippen molar-refractivity contribution >= 4 is 43.5 Å². The van der Waals surface area contributed by atoms with E-state index in [1.165, 1.54) is 41.9 Å². The monoisotopic (exact) mass is 408 g/mol. The molecule has 5 nitrogen and oxygen atoms in total. The van der Waals surface area contributed by atoms with Crippen LogP contribution >= 0.6 is 11.3 Å². The quantitative estimate of drug-likeness (QED) is 0.517. The van der Waals surface area contributed by atoms with Gasteiger partial charge in [-0.05, 0) is 55.8 Å². The van der Waals surface area contributed by atoms with E-state index in [9.17, 15) is 9.18 Å². The number of nitrogens with zero attached hydrogens (tertiary/aromatic N) is 3. The molecule has 5 rings (SSSR count). The first-order valence-corrected chi connectivity index (χ1v) is 10.5. The van der Waals surface area contributed by atoms with Gasteiger partial charge in [0.25, 0.3) is 5.91 Å². The molecule has 0 aliphatic heterocycles. The van der Waals surface area contributed by atoms with Crippen molar-refractivity contribution in [3.63, 3.8) is 0 Å². The fourth-order valence-corrected chi connectivity index (χ4v) is 4.69. The summed E-state index contributed by atoms with van der Waals surface area (Å²) in [6.45, 7) is 0.918. The first-order valence-electron chi connectivity index (χ1n) is 9.63. The fraction of sp³-hybridized carbons (Fsp3) is 0.273. The molecule has 2 heterocycles. The van der Waals surface area contributed by atoms with Crippen LogP contribution in [-0.2, 0) is 13.6 Å². The van der Waals surface area contributed by atoms with Crippen LogP contribution in [0.4, 0.5) is 9.52 Å². The minimum atomic E-state index is -0.360. The number of carbonyl (C=O) groups excluding carboxylic acids is 1. The highest BCUT2D eigenvalue weighted by molar-refractivity contribution is 7.22. The third-order valence-electron chi connectivity index (χ3n) is 5.47. The molecule has 0 spiro atoms. The van der Waals surface area contributed by atoms with Crippen LogP contribution in [0.15, 0.2) is 42.6 Å². The normalized spacial score (nSPS) is 14.2. The van der Waals surface area contributed by atoms with Crippen LogP contribution in [0.3, 0.4) is 0 Å². The van der Waals surface area contributed by atoms with E-state index in [2.05, 4.69) is 34.4 Å². The van der Waals surface area contributed by atoms with E-state index in [-0.39, 0.29) is 11.7 Å². The Balaban J connectivity index is 1.40. The van der Waals surface area contributed by atoms with Crippen molar-refractivity contribution in [2.75, 3.05) is 12.4 Å². The van der Waals surface area contributed by atoms with Crippen molar-refractivity contribution in [2.24, 2.45) is 7.05 Å². The predicted octanol–water partition coefficient (Wildman–Crippen LogP) is 4.77. The molecule has 4 aromatic rings. The summed E-state index contributed by atoms with van der Waals surface area (Å²) in [5.41, 5.74) is 3.36. The Morgan fingerprint density at radius 2 is 2.14 bits per heavy atom. The predicted molar refractivity (Wildman–Crippen MR) is 115 cm³/mol. The summed E-state index contributed by atoms with van der Waals surface area (Å²) in [4.78, 5) is 19.8. The average molecular weight is 409 g/mol. The highest BCUT2D eigenvalue weighted by atomic mass is 32.1. The number of nitrogens with one attached hydrogen (secondary N) is 1. The number of halogens is 1. The maximum Gasteiger partial charge on any atom is 0.259 e. The van der Waals surface area contributed by atoms with E-state index in [1.807, 2.05) is 17.7 Å². The Labute approximate surface area is 171 Å². The molecule has 0 saturated heterocycles. The number of carbonyl (C=O) groups is 1. The van der Waals surface area contributed by atoms with Crippen LogP contribution in [0, 0.1) is 5.82 Å². The molecule has 0 radical (unpaired) electrons. The molecule has 2 aromatic heterocycles. The lowest BCUT2D eigenvalue weighted by molar-refractivity contribution is 0.102. The first-order chi connectivity index (χ1) is 14.0. The maximum atomic E-state index is 13.7. The molecule has 148 valence electrons. The number of aromatic nitrogens is 2. The summed E-state index contributed by atoms with van der Waals surface area (Å²) in [6.07, 6.45) is 4.29. The van der Waals surface area contributed by atoms with Crippen LogP contribution in [-0.4, -0.2) is 33.4 Å². The van der Waals surface area contributed by atoms with E-state index >= 15 is 0 Å². The fourth-order valence-electron chi connectivity index (χ4n) is 3.76. The van der Waals surface area contributed by atoms with Gasteiger partial charge in [-0.3, -0.25) is 15.0 Å². The Morgan fingerprint density at radius 3 is 2.93 bits per heavy atom. The second-order valence-electron chi connectivity index (χ2n) is 7.74. The lowest BCUT2D eigenvalue weighted by Crippen LogP contribution is -2.19. The minimum absolute atomic E-state index is 0.283. The van der Waals surface area contributed by atoms with Gasteiger partial charge in [-0.15, -0.1) is 0 Å². The van der Waals surface area contributed by atoms with Gasteiger partial charge in [0.05, 0.1) is 15.8 Å². The van der Waals surface area contributed by atoms with Crippen LogP contribution in [0.2, 0.25) is 0 Å². The molecule has 0 atom stereocenters. The Kier molecular flexibility index (Phi) is 4.37. The maximum absolute atomic E-state index is 13.7. The second-order valence-corrected chi connectivity index (χ2v) is 8.77. The molecule has 29 heavy (non-hydrogen) atoms. The van der Waals surface area contributed by atoms with Crippen LogP contribution < -0.4 is 5.32 Å². The summed E-state index contributed by atoms with van der Waals surface area (Å²) in [7, 11) is 4.00. The molecule has 1 amide bonds. The van der Waals surface area contributed by atoms with Gasteiger partial charge < -0.3 is 4.57 Å². The van der Waals surface area contributed by atoms with E-state index in [4.69, 9.17) is 0 Å². The van der Waals surface area contributed by atoms with Crippen molar-refractivity contribution in [3.05, 3.63) is 59.5 Å². The highest BCUT2D eigenvalue weighted by Crippen LogP contribution is 2.30. The van der Waals surface area contributed by atoms with Gasteiger partial charge in [0, 0.05) is 36.7 Å². The van der Waals surface area contributed by atoms with Crippen molar-refractivity contribution in [2.45, 2.75) is 25.4 Å². The van der Waals surface area contributed by atoms with E-state index in [0.717, 1.165) is 22.3 Å². The smallest absolute Gasteiger partial charge is 0.259 e. The molecule has 7 heteroatoms. The van der Waals surface area contributed by atoms with Gasteiger partial charge in [0.15, 0.2) is 5.13 Å². The lowest BCUT2D eigenvalue weighted by atomic mass is 10.1. The number of amides is 1. The largest absolute Gasteiger partial charge is 0.350 e. The molecule has 0 bridgehead atoms. The van der Waals surface area contributed by atoms with E-state index < -0.39 is 0 Å². The third-order valence-corrected chi connectivity index (χ3v) is 6.41. The van der Waals surface area contributed by atoms with Gasteiger partial charge in [-0.2, -0.15) is 0 Å². The average Bonchev–Trinajstić information content (AvgIpc) is 3.39. The van der Waals surface area contributed by atoms with Gasteiger partial charge in [-0.25, -0.2) is 9.37 Å². The third kappa shape index (κ3) is 3.52. The van der Waals surface area contributed by atoms with Gasteiger partial charge in [-0.1, -0.05) is 17.4 Å². The van der Waals surface area contributed by atoms with Crippen molar-refractivity contribution in [1.82, 2.24) is 14.5 Å². The van der Waals surface area contributed by atoms with Crippen molar-refractivity contribution in [3.8, 4) is 0 Å². The summed E-state index contributed by atoms with van der Waals surface area (Å²) in [6, 6.07) is 11.4. The van der Waals surface area contributed by atoms with Gasteiger partial charge >= 0.3 is 0 Å². The first kappa shape index (κ1) is 18.3. The second kappa shape index (κ2) is 6.93. The molecular weight excluding hydrogens is 387 g/mol. The van der Waals surface area contributed by atoms with Crippen LogP contribution in [0.25, 0.3) is 21.1 Å². The zero-order valence-corrected chi connectivity index (χ0v) is 17.1. The van der Waals surface area contributed by atoms with E-state index in [1.54, 1.807) is 12.3 Å². The molecule has 1 saturated carbocycles. The molecular formula is C22H21FN4OS. The zero-order chi connectivity index (χ0) is 20.1. The van der Waals surface area contributed by atoms with E-state index in [0.29, 0.717) is 22.1 Å². The molecule has 2 aromatic carbocycles. The molecule has 1 aliphatic rings. The minimum Gasteiger partial charge on any atom is -0.350 e. The van der Waals surface area contributed by atoms with Crippen molar-refractivity contribution in [1.29, 1.82) is 0 Å². The van der Waals surface area contributed by atoms with Crippen LogP contribution in [0.1, 0.15) is 28.8 Å². The molecule has 1 N–H and O–H groups in total. The zero-order valence-electron chi connectivity index (χ0n) is 16.3. The van der Waals surface area contributed by atoms with Crippen molar-refractivity contribution < 1.29 is 9.18 Å². The number of anilines is 1. The standard InChI is InChI=1S/C22H21FN4OS/c1-26(15-5-6-15)11-13-3-7-18-20(9-13)29-22(24-18)25-21(28)17-12-27(2)19-8-4-14(23)10-16(17)19/h3-4,7-10,12,15H,5-6,11H2,1-2H3,(H,24,25,28). The Morgan fingerprint density at radius 1 is 1.31 bits per heavy atom. The summed E-state index contributed by atoms with van der Waals surface area (Å²) < 4.78 is 16.6.